The molecule has 1 aliphatic rings. The van der Waals surface area contributed by atoms with Crippen molar-refractivity contribution in [3.05, 3.63) is 29.8 Å². The number of hydrogen-bond acceptors (Lipinski definition) is 4. The Morgan fingerprint density at radius 1 is 1.62 bits per heavy atom. The maximum absolute atomic E-state index is 12.6. The summed E-state index contributed by atoms with van der Waals surface area (Å²) in [6.07, 6.45) is 3.29. The van der Waals surface area contributed by atoms with E-state index in [1.807, 2.05) is 4.90 Å². The smallest absolute Gasteiger partial charge is 0.212 e. The molecule has 0 N–H and O–H groups in total. The van der Waals surface area contributed by atoms with Gasteiger partial charge in [0.25, 0.3) is 0 Å². The topological polar surface area (TPSA) is 52.3 Å². The molecular weight excluding hydrogens is 227 g/mol. The highest BCUT2D eigenvalue weighted by Crippen LogP contribution is 2.20. The fraction of sp³-hybridized carbons (Fsp3) is 0.300. The fourth-order valence-electron chi connectivity index (χ4n) is 1.45. The molecule has 1 fully saturated rings. The van der Waals surface area contributed by atoms with Crippen molar-refractivity contribution in [2.24, 2.45) is 4.99 Å². The van der Waals surface area contributed by atoms with E-state index in [9.17, 15) is 4.39 Å². The van der Waals surface area contributed by atoms with E-state index in [0.29, 0.717) is 6.54 Å². The predicted molar refractivity (Wildman–Crippen MR) is 60.1 cm³/mol. The van der Waals surface area contributed by atoms with Gasteiger partial charge in [0, 0.05) is 25.0 Å². The molecule has 0 amide bonds. The summed E-state index contributed by atoms with van der Waals surface area (Å²) in [6.45, 7) is 1.46. The molecule has 0 saturated carbocycles. The number of nitrogens with zero attached hydrogens (tertiary/aromatic N) is 4. The molecule has 1 aromatic rings. The van der Waals surface area contributed by atoms with E-state index < -0.39 is 5.95 Å². The van der Waals surface area contributed by atoms with Crippen molar-refractivity contribution in [2.75, 3.05) is 12.3 Å². The molecule has 0 bridgehead atoms. The molecule has 1 aliphatic heterocycles. The number of aromatic nitrogens is 1. The van der Waals surface area contributed by atoms with Crippen LogP contribution in [0.3, 0.4) is 0 Å². The molecule has 0 aliphatic carbocycles. The van der Waals surface area contributed by atoms with E-state index in [1.54, 1.807) is 24.0 Å². The van der Waals surface area contributed by atoms with Gasteiger partial charge in [-0.2, -0.15) is 9.65 Å². The van der Waals surface area contributed by atoms with E-state index >= 15 is 0 Å². The van der Waals surface area contributed by atoms with Crippen LogP contribution in [0, 0.1) is 17.4 Å². The lowest BCUT2D eigenvalue weighted by Crippen LogP contribution is -2.23. The molecule has 0 spiro atoms. The predicted octanol–water partition coefficient (Wildman–Crippen LogP) is 1.61. The zero-order valence-electron chi connectivity index (χ0n) is 8.43. The van der Waals surface area contributed by atoms with E-state index in [-0.39, 0.29) is 0 Å². The van der Waals surface area contributed by atoms with Gasteiger partial charge in [0.2, 0.25) is 12.1 Å². The average Bonchev–Trinajstić information content (AvgIpc) is 2.70. The van der Waals surface area contributed by atoms with Crippen molar-refractivity contribution < 1.29 is 4.39 Å². The third-order valence-electron chi connectivity index (χ3n) is 2.17. The summed E-state index contributed by atoms with van der Waals surface area (Å²) in [4.78, 5) is 9.31. The van der Waals surface area contributed by atoms with Crippen molar-refractivity contribution in [1.29, 1.82) is 5.26 Å². The average molecular weight is 236 g/mol. The molecule has 4 nitrogen and oxygen atoms in total. The molecule has 0 unspecified atom stereocenters. The Balaban J connectivity index is 2.07. The first-order valence-electron chi connectivity index (χ1n) is 4.74. The summed E-state index contributed by atoms with van der Waals surface area (Å²) < 4.78 is 12.6. The monoisotopic (exact) mass is 236 g/mol. The Bertz CT molecular complexity index is 437. The lowest BCUT2D eigenvalue weighted by Gasteiger charge is -2.16. The van der Waals surface area contributed by atoms with Gasteiger partial charge in [-0.3, -0.25) is 0 Å². The highest BCUT2D eigenvalue weighted by molar-refractivity contribution is 8.14. The van der Waals surface area contributed by atoms with Crippen LogP contribution in [0.5, 0.6) is 0 Å². The second kappa shape index (κ2) is 4.94. The van der Waals surface area contributed by atoms with Crippen LogP contribution in [-0.4, -0.2) is 27.3 Å². The zero-order chi connectivity index (χ0) is 11.4. The standard InChI is InChI=1S/C10H9FN4S/c11-9-2-1-8(5-13-9)6-15-3-4-16-10(15)14-7-12/h1-2,5H,3-4,6H2. The summed E-state index contributed by atoms with van der Waals surface area (Å²) in [7, 11) is 0. The molecule has 0 aromatic carbocycles. The second-order valence-electron chi connectivity index (χ2n) is 3.25. The molecule has 0 atom stereocenters. The maximum Gasteiger partial charge on any atom is 0.212 e. The van der Waals surface area contributed by atoms with Crippen molar-refractivity contribution in [2.45, 2.75) is 6.54 Å². The maximum atomic E-state index is 12.6. The number of thioether (sulfide) groups is 1. The highest BCUT2D eigenvalue weighted by atomic mass is 32.2. The summed E-state index contributed by atoms with van der Waals surface area (Å²) in [6, 6.07) is 3.02. The van der Waals surface area contributed by atoms with Crippen LogP contribution in [0.2, 0.25) is 0 Å². The van der Waals surface area contributed by atoms with Crippen LogP contribution in [-0.2, 0) is 6.54 Å². The van der Waals surface area contributed by atoms with Crippen molar-refractivity contribution in [3.63, 3.8) is 0 Å². The number of aliphatic imine (C=N–C) groups is 1. The van der Waals surface area contributed by atoms with Crippen LogP contribution in [0.25, 0.3) is 0 Å². The summed E-state index contributed by atoms with van der Waals surface area (Å²) in [5, 5.41) is 9.24. The molecule has 6 heteroatoms. The van der Waals surface area contributed by atoms with Crippen LogP contribution in [0.15, 0.2) is 23.3 Å². The molecule has 16 heavy (non-hydrogen) atoms. The SMILES string of the molecule is N#CN=C1SCCN1Cc1ccc(F)nc1. The molecule has 0 radical (unpaired) electrons. The van der Waals surface area contributed by atoms with Crippen molar-refractivity contribution in [3.8, 4) is 6.19 Å². The van der Waals surface area contributed by atoms with E-state index in [2.05, 4.69) is 9.98 Å². The van der Waals surface area contributed by atoms with Crippen LogP contribution < -0.4 is 0 Å². The van der Waals surface area contributed by atoms with Crippen LogP contribution in [0.4, 0.5) is 4.39 Å². The third kappa shape index (κ3) is 2.49. The van der Waals surface area contributed by atoms with Gasteiger partial charge in [0.15, 0.2) is 5.17 Å². The van der Waals surface area contributed by atoms with Crippen molar-refractivity contribution in [1.82, 2.24) is 9.88 Å². The minimum Gasteiger partial charge on any atom is -0.345 e. The quantitative estimate of drug-likeness (QED) is 0.578. The fourth-order valence-corrected chi connectivity index (χ4v) is 2.38. The van der Waals surface area contributed by atoms with Crippen LogP contribution >= 0.6 is 11.8 Å². The van der Waals surface area contributed by atoms with Gasteiger partial charge in [-0.05, 0) is 11.6 Å². The molecule has 82 valence electrons. The first kappa shape index (κ1) is 10.9. The molecule has 1 saturated heterocycles. The summed E-state index contributed by atoms with van der Waals surface area (Å²) in [5.74, 6) is 0.445. The first-order chi connectivity index (χ1) is 7.79. The minimum absolute atomic E-state index is 0.481. The van der Waals surface area contributed by atoms with Crippen molar-refractivity contribution >= 4 is 16.9 Å². The summed E-state index contributed by atoms with van der Waals surface area (Å²) in [5.41, 5.74) is 0.912. The number of pyridine rings is 1. The number of rotatable bonds is 2. The number of halogens is 1. The van der Waals surface area contributed by atoms with Gasteiger partial charge in [0.05, 0.1) is 0 Å². The van der Waals surface area contributed by atoms with Gasteiger partial charge >= 0.3 is 0 Å². The summed E-state index contributed by atoms with van der Waals surface area (Å²) >= 11 is 1.56. The van der Waals surface area contributed by atoms with Crippen LogP contribution in [0.1, 0.15) is 5.56 Å². The Labute approximate surface area is 96.8 Å². The number of hydrogen-bond donors (Lipinski definition) is 0. The van der Waals surface area contributed by atoms with E-state index in [0.717, 1.165) is 23.0 Å². The van der Waals surface area contributed by atoms with Gasteiger partial charge in [-0.1, -0.05) is 17.8 Å². The van der Waals surface area contributed by atoms with Gasteiger partial charge in [-0.25, -0.2) is 4.98 Å². The molecule has 2 heterocycles. The largest absolute Gasteiger partial charge is 0.345 e. The molecule has 2 rings (SSSR count). The van der Waals surface area contributed by atoms with Gasteiger partial charge in [0.1, 0.15) is 0 Å². The Hall–Kier alpha value is -1.61. The third-order valence-corrected chi connectivity index (χ3v) is 3.16. The Morgan fingerprint density at radius 3 is 3.19 bits per heavy atom. The normalized spacial score (nSPS) is 17.8. The van der Waals surface area contributed by atoms with Gasteiger partial charge < -0.3 is 4.90 Å². The first-order valence-corrected chi connectivity index (χ1v) is 5.73. The Kier molecular flexibility index (Phi) is 3.37. The van der Waals surface area contributed by atoms with E-state index in [4.69, 9.17) is 5.26 Å². The second-order valence-corrected chi connectivity index (χ2v) is 4.32. The lowest BCUT2D eigenvalue weighted by molar-refractivity contribution is 0.455. The molecule has 1 aromatic heterocycles. The van der Waals surface area contributed by atoms with Gasteiger partial charge in [-0.15, -0.1) is 4.99 Å². The zero-order valence-corrected chi connectivity index (χ0v) is 9.24. The highest BCUT2D eigenvalue weighted by Gasteiger charge is 2.19. The minimum atomic E-state index is -0.481. The number of amidine groups is 1. The lowest BCUT2D eigenvalue weighted by atomic mass is 10.3. The molecular formula is C10H9FN4S. The Morgan fingerprint density at radius 2 is 2.50 bits per heavy atom. The van der Waals surface area contributed by atoms with E-state index in [1.165, 1.54) is 12.3 Å². The number of nitriles is 1.